The lowest BCUT2D eigenvalue weighted by atomic mass is 10.1. The van der Waals surface area contributed by atoms with E-state index in [2.05, 4.69) is 45.4 Å². The second kappa shape index (κ2) is 14.5. The van der Waals surface area contributed by atoms with Gasteiger partial charge in [-0.1, -0.05) is 48.0 Å². The average molecular weight is 622 g/mol. The molecule has 2 amide bonds. The predicted octanol–water partition coefficient (Wildman–Crippen LogP) is 5.60. The number of hydrogen-bond donors (Lipinski definition) is 1. The van der Waals surface area contributed by atoms with Gasteiger partial charge in [0.2, 0.25) is 5.91 Å². The second-order valence-electron chi connectivity index (χ2n) is 10.6. The minimum atomic E-state index is -0.662. The van der Waals surface area contributed by atoms with Crippen LogP contribution in [0.5, 0.6) is 0 Å². The number of carbonyl (C=O) groups is 2. The molecule has 42 heavy (non-hydrogen) atoms. The maximum absolute atomic E-state index is 13.8. The summed E-state index contributed by atoms with van der Waals surface area (Å²) in [5, 5.41) is 3.95. The van der Waals surface area contributed by atoms with Crippen molar-refractivity contribution in [3.8, 4) is 0 Å². The average Bonchev–Trinajstić information content (AvgIpc) is 3.23. The molecule has 3 aromatic rings. The van der Waals surface area contributed by atoms with Gasteiger partial charge in [-0.2, -0.15) is 0 Å². The lowest BCUT2D eigenvalue weighted by molar-refractivity contribution is -0.124. The normalized spacial score (nSPS) is 18.1. The van der Waals surface area contributed by atoms with E-state index < -0.39 is 6.04 Å². The fourth-order valence-electron chi connectivity index (χ4n) is 5.47. The number of amides is 2. The largest absolute Gasteiger partial charge is 0.336 e. The molecule has 0 saturated carbocycles. The van der Waals surface area contributed by atoms with Crippen molar-refractivity contribution in [1.29, 1.82) is 0 Å². The highest BCUT2D eigenvalue weighted by atomic mass is 35.5. The van der Waals surface area contributed by atoms with E-state index in [4.69, 9.17) is 23.8 Å². The Morgan fingerprint density at radius 3 is 2.38 bits per heavy atom. The summed E-state index contributed by atoms with van der Waals surface area (Å²) < 4.78 is 0. The Hall–Kier alpha value is -2.95. The Morgan fingerprint density at radius 1 is 0.952 bits per heavy atom. The van der Waals surface area contributed by atoms with Crippen LogP contribution in [0.25, 0.3) is 0 Å². The minimum absolute atomic E-state index is 0.0124. The van der Waals surface area contributed by atoms with Gasteiger partial charge in [0.1, 0.15) is 6.04 Å². The fraction of sp³-hybridized carbons (Fsp3) is 0.344. The van der Waals surface area contributed by atoms with Crippen LogP contribution in [-0.2, 0) is 16.1 Å². The van der Waals surface area contributed by atoms with E-state index in [1.165, 1.54) is 5.56 Å². The van der Waals surface area contributed by atoms with Crippen LogP contribution >= 0.6 is 35.6 Å². The van der Waals surface area contributed by atoms with Gasteiger partial charge in [-0.25, -0.2) is 0 Å². The molecule has 0 radical (unpaired) electrons. The number of halogens is 1. The van der Waals surface area contributed by atoms with Crippen LogP contribution in [0.2, 0.25) is 5.02 Å². The van der Waals surface area contributed by atoms with Gasteiger partial charge in [0.15, 0.2) is 5.11 Å². The molecule has 2 saturated heterocycles. The van der Waals surface area contributed by atoms with Gasteiger partial charge in [-0.15, -0.1) is 11.8 Å². The number of thioether (sulfide) groups is 1. The highest BCUT2D eigenvalue weighted by Gasteiger charge is 2.44. The van der Waals surface area contributed by atoms with Gasteiger partial charge >= 0.3 is 0 Å². The van der Waals surface area contributed by atoms with E-state index in [0.717, 1.165) is 56.3 Å². The van der Waals surface area contributed by atoms with Gasteiger partial charge in [-0.05, 0) is 79.5 Å². The number of piperazine rings is 1. The zero-order chi connectivity index (χ0) is 29.5. The lowest BCUT2D eigenvalue weighted by Gasteiger charge is -2.35. The molecule has 0 spiro atoms. The summed E-state index contributed by atoms with van der Waals surface area (Å²) in [5.41, 5.74) is 2.72. The van der Waals surface area contributed by atoms with Gasteiger partial charge in [0, 0.05) is 54.9 Å². The van der Waals surface area contributed by atoms with Crippen LogP contribution in [0, 0.1) is 0 Å². The Balaban J connectivity index is 1.21. The molecule has 2 aliphatic heterocycles. The molecule has 2 fully saturated rings. The first-order chi connectivity index (χ1) is 20.4. The summed E-state index contributed by atoms with van der Waals surface area (Å²) in [6.45, 7) is 6.58. The highest BCUT2D eigenvalue weighted by molar-refractivity contribution is 7.98. The maximum Gasteiger partial charge on any atom is 0.256 e. The molecule has 2 aliphatic rings. The smallest absolute Gasteiger partial charge is 0.256 e. The molecule has 0 aliphatic carbocycles. The summed E-state index contributed by atoms with van der Waals surface area (Å²) in [7, 11) is 0. The molecule has 0 aromatic heterocycles. The molecule has 0 unspecified atom stereocenters. The van der Waals surface area contributed by atoms with Gasteiger partial charge < -0.3 is 15.1 Å². The van der Waals surface area contributed by atoms with Crippen molar-refractivity contribution in [2.45, 2.75) is 30.3 Å². The molecule has 5 rings (SSSR count). The molecule has 2 heterocycles. The van der Waals surface area contributed by atoms with Crippen LogP contribution in [0.15, 0.2) is 83.8 Å². The van der Waals surface area contributed by atoms with Crippen LogP contribution < -0.4 is 10.2 Å². The van der Waals surface area contributed by atoms with Crippen molar-refractivity contribution in [1.82, 2.24) is 14.7 Å². The van der Waals surface area contributed by atoms with Crippen molar-refractivity contribution in [2.75, 3.05) is 55.7 Å². The number of rotatable bonds is 11. The summed E-state index contributed by atoms with van der Waals surface area (Å²) in [5.74, 6) is -0.406. The first kappa shape index (κ1) is 30.5. The third kappa shape index (κ3) is 7.71. The van der Waals surface area contributed by atoms with Gasteiger partial charge in [0.25, 0.3) is 5.91 Å². The van der Waals surface area contributed by atoms with Gasteiger partial charge in [0.05, 0.1) is 12.1 Å². The molecule has 1 atom stereocenters. The third-order valence-electron chi connectivity index (χ3n) is 7.72. The van der Waals surface area contributed by atoms with Crippen molar-refractivity contribution >= 4 is 63.9 Å². The Morgan fingerprint density at radius 2 is 1.67 bits per heavy atom. The lowest BCUT2D eigenvalue weighted by Crippen LogP contribution is -2.47. The first-order valence-electron chi connectivity index (χ1n) is 14.2. The minimum Gasteiger partial charge on any atom is -0.336 e. The number of hydrogen-bond acceptors (Lipinski definition) is 6. The van der Waals surface area contributed by atoms with Crippen LogP contribution in [-0.4, -0.2) is 83.2 Å². The Labute approximate surface area is 262 Å². The predicted molar refractivity (Wildman–Crippen MR) is 176 cm³/mol. The Bertz CT molecular complexity index is 1380. The molecular formula is C32H36ClN5O2S2. The van der Waals surface area contributed by atoms with E-state index >= 15 is 0 Å². The summed E-state index contributed by atoms with van der Waals surface area (Å²) in [4.78, 5) is 36.4. The molecule has 1 N–H and O–H groups in total. The first-order valence-corrected chi connectivity index (χ1v) is 16.2. The number of nitrogens with one attached hydrogen (secondary N) is 1. The zero-order valence-corrected chi connectivity index (χ0v) is 26.1. The van der Waals surface area contributed by atoms with E-state index in [0.29, 0.717) is 22.4 Å². The number of carbonyl (C=O) groups excluding carboxylic acids is 2. The van der Waals surface area contributed by atoms with Crippen LogP contribution in [0.1, 0.15) is 18.4 Å². The summed E-state index contributed by atoms with van der Waals surface area (Å²) in [6, 6.07) is 24.7. The molecule has 0 bridgehead atoms. The molecular weight excluding hydrogens is 586 g/mol. The fourth-order valence-corrected chi connectivity index (χ4v) is 6.47. The van der Waals surface area contributed by atoms with E-state index in [-0.39, 0.29) is 18.2 Å². The van der Waals surface area contributed by atoms with E-state index in [1.807, 2.05) is 35.4 Å². The van der Waals surface area contributed by atoms with E-state index in [1.54, 1.807) is 40.9 Å². The topological polar surface area (TPSA) is 59.1 Å². The maximum atomic E-state index is 13.8. The number of benzene rings is 3. The standard InChI is InChI=1S/C32H36ClN5O2S2/c1-42-28-10-5-9-27(21-28)38-31(40)29(22-30(39)34-26-13-11-25(33)12-14-26)37(32(38)41)16-6-15-35-17-19-36(20-18-35)23-24-7-3-2-4-8-24/h2-5,7-14,21,29H,6,15-20,22-23H2,1H3,(H,34,39)/t29-/m1/s1. The van der Waals surface area contributed by atoms with Crippen molar-refractivity contribution in [3.63, 3.8) is 0 Å². The quantitative estimate of drug-likeness (QED) is 0.221. The van der Waals surface area contributed by atoms with Crippen LogP contribution in [0.4, 0.5) is 11.4 Å². The second-order valence-corrected chi connectivity index (χ2v) is 12.3. The monoisotopic (exact) mass is 621 g/mol. The Kier molecular flexibility index (Phi) is 10.5. The molecule has 7 nitrogen and oxygen atoms in total. The van der Waals surface area contributed by atoms with Crippen molar-refractivity contribution in [2.24, 2.45) is 0 Å². The number of anilines is 2. The van der Waals surface area contributed by atoms with Crippen molar-refractivity contribution in [3.05, 3.63) is 89.4 Å². The van der Waals surface area contributed by atoms with Gasteiger partial charge in [-0.3, -0.25) is 19.4 Å². The number of thiocarbonyl (C=S) groups is 1. The molecule has 3 aromatic carbocycles. The summed E-state index contributed by atoms with van der Waals surface area (Å²) >= 11 is 13.5. The van der Waals surface area contributed by atoms with Crippen LogP contribution in [0.3, 0.4) is 0 Å². The zero-order valence-electron chi connectivity index (χ0n) is 23.7. The van der Waals surface area contributed by atoms with E-state index in [9.17, 15) is 9.59 Å². The SMILES string of the molecule is CSc1cccc(N2C(=O)[C@@H](CC(=O)Nc3ccc(Cl)cc3)N(CCCN3CCN(Cc4ccccc4)CC3)C2=S)c1. The highest BCUT2D eigenvalue weighted by Crippen LogP contribution is 2.30. The molecule has 220 valence electrons. The summed E-state index contributed by atoms with van der Waals surface area (Å²) in [6.07, 6.45) is 2.86. The van der Waals surface area contributed by atoms with Crippen molar-refractivity contribution < 1.29 is 9.59 Å². The third-order valence-corrected chi connectivity index (χ3v) is 9.12. The molecule has 10 heteroatoms. The number of nitrogens with zero attached hydrogens (tertiary/aromatic N) is 4.